The molecule has 18 heteroatoms. The van der Waals surface area contributed by atoms with Gasteiger partial charge < -0.3 is 19.7 Å². The molecule has 0 bridgehead atoms. The van der Waals surface area contributed by atoms with Crippen LogP contribution in [0.5, 0.6) is 0 Å². The van der Waals surface area contributed by atoms with Crippen LogP contribution in [0.3, 0.4) is 0 Å². The standard InChI is InChI=1S/C36H39F3N8O3.C6H6O3S/c1-40-25-12-14-28(15-13-25)45-30(16-19-41-45)32-31(35(50)46(44(32)2)29-7-5-6-24(22-29)36(37,38)39)34(49)43-26-10-8-23(9-11-26)33(48)42-27-17-20-47(3,4)21-18-27;7-10(8,9)6-4-2-1-3-5-6/h5-7,12-16,19,22-23,26-27H,8-11,17-18,20-21H2,2-4H3,(H-,42,43,48,49);1-5H,(H,7,8,9). The Balaban J connectivity index is 0.000000529. The Hall–Kier alpha value is -6.03. The molecule has 7 rings (SSSR count). The third-order valence-electron chi connectivity index (χ3n) is 11.0. The Morgan fingerprint density at radius 2 is 1.50 bits per heavy atom. The highest BCUT2D eigenvalue weighted by molar-refractivity contribution is 7.85. The fraction of sp³-hybridized carbons (Fsp3) is 0.357. The highest BCUT2D eigenvalue weighted by Crippen LogP contribution is 2.32. The maximum atomic E-state index is 14.1. The van der Waals surface area contributed by atoms with E-state index in [1.54, 1.807) is 36.4 Å². The Labute approximate surface area is 345 Å². The summed E-state index contributed by atoms with van der Waals surface area (Å²) in [6.07, 6.45) is 0.946. The van der Waals surface area contributed by atoms with Crippen LogP contribution >= 0.6 is 0 Å². The lowest BCUT2D eigenvalue weighted by molar-refractivity contribution is -0.895. The topological polar surface area (TPSA) is 165 Å². The molecule has 0 unspecified atom stereocenters. The van der Waals surface area contributed by atoms with E-state index < -0.39 is 33.3 Å². The van der Waals surface area contributed by atoms with Crippen LogP contribution in [0.25, 0.3) is 27.6 Å². The molecule has 60 heavy (non-hydrogen) atoms. The summed E-state index contributed by atoms with van der Waals surface area (Å²) in [5.74, 6) is -0.793. The number of carbonyl (C=O) groups excluding carboxylic acids is 2. The second-order valence-corrected chi connectivity index (χ2v) is 17.0. The zero-order valence-corrected chi connectivity index (χ0v) is 34.0. The van der Waals surface area contributed by atoms with Crippen molar-refractivity contribution in [3.05, 3.63) is 124 Å². The summed E-state index contributed by atoms with van der Waals surface area (Å²) in [6.45, 7) is 9.28. The minimum absolute atomic E-state index is 0.0407. The number of nitrogens with one attached hydrogen (secondary N) is 2. The van der Waals surface area contributed by atoms with Gasteiger partial charge >= 0.3 is 6.18 Å². The van der Waals surface area contributed by atoms with Crippen LogP contribution in [0.15, 0.2) is 101 Å². The van der Waals surface area contributed by atoms with E-state index in [2.05, 4.69) is 34.7 Å². The SMILES string of the molecule is O=S(=O)([O-])c1ccccc1.[C-]#[N+]c1ccc(-n2nccc2-c2c(C(=O)NC3CCC(C(=O)NC4CC[N+](C)(C)CC4)CC3)c(=O)n(-c3cccc(C(F)(F)F)c3)n2C)cc1. The van der Waals surface area contributed by atoms with Crippen LogP contribution in [0.2, 0.25) is 0 Å². The second-order valence-electron chi connectivity index (χ2n) is 15.6. The highest BCUT2D eigenvalue weighted by atomic mass is 32.2. The van der Waals surface area contributed by atoms with Gasteiger partial charge in [0, 0.05) is 37.9 Å². The van der Waals surface area contributed by atoms with Crippen LogP contribution in [-0.2, 0) is 28.1 Å². The molecule has 0 spiro atoms. The van der Waals surface area contributed by atoms with E-state index in [1.165, 1.54) is 59.0 Å². The van der Waals surface area contributed by atoms with Gasteiger partial charge in [0.05, 0.1) is 67.5 Å². The van der Waals surface area contributed by atoms with Crippen molar-refractivity contribution in [2.75, 3.05) is 27.2 Å². The Bertz CT molecular complexity index is 2540. The summed E-state index contributed by atoms with van der Waals surface area (Å²) in [4.78, 5) is 44.5. The van der Waals surface area contributed by atoms with Gasteiger partial charge in [-0.2, -0.15) is 18.3 Å². The fourth-order valence-electron chi connectivity index (χ4n) is 7.64. The highest BCUT2D eigenvalue weighted by Gasteiger charge is 2.35. The average Bonchev–Trinajstić information content (AvgIpc) is 3.80. The molecule has 5 aromatic rings. The molecule has 2 amide bonds. The quantitative estimate of drug-likeness (QED) is 0.113. The average molecular weight is 847 g/mol. The number of halogens is 3. The summed E-state index contributed by atoms with van der Waals surface area (Å²) in [6, 6.07) is 19.6. The number of alkyl halides is 3. The zero-order chi connectivity index (χ0) is 43.4. The molecule has 1 saturated carbocycles. The second kappa shape index (κ2) is 17.7. The molecule has 1 saturated heterocycles. The number of piperidine rings is 1. The zero-order valence-electron chi connectivity index (χ0n) is 33.2. The molecule has 14 nitrogen and oxygen atoms in total. The predicted molar refractivity (Wildman–Crippen MR) is 215 cm³/mol. The number of amides is 2. The van der Waals surface area contributed by atoms with Crippen molar-refractivity contribution in [2.45, 2.75) is 61.7 Å². The maximum absolute atomic E-state index is 14.1. The lowest BCUT2D eigenvalue weighted by atomic mass is 9.85. The van der Waals surface area contributed by atoms with Crippen molar-refractivity contribution in [3.63, 3.8) is 0 Å². The molecule has 1 aliphatic carbocycles. The summed E-state index contributed by atoms with van der Waals surface area (Å²) in [5, 5.41) is 10.6. The minimum atomic E-state index is -4.65. The number of carbonyl (C=O) groups is 2. The number of quaternary nitrogens is 1. The molecule has 2 N–H and O–H groups in total. The smallest absolute Gasteiger partial charge is 0.416 e. The lowest BCUT2D eigenvalue weighted by Gasteiger charge is -2.38. The molecule has 2 aliphatic rings. The largest absolute Gasteiger partial charge is 0.744 e. The van der Waals surface area contributed by atoms with Gasteiger partial charge in [-0.3, -0.25) is 19.1 Å². The van der Waals surface area contributed by atoms with Crippen molar-refractivity contribution in [1.82, 2.24) is 29.8 Å². The van der Waals surface area contributed by atoms with Crippen LogP contribution in [0.4, 0.5) is 18.9 Å². The number of likely N-dealkylation sites (tertiary alicyclic amines) is 1. The molecule has 0 radical (unpaired) electrons. The molecule has 316 valence electrons. The Kier molecular flexibility index (Phi) is 12.8. The first-order chi connectivity index (χ1) is 28.4. The minimum Gasteiger partial charge on any atom is -0.744 e. The molecular formula is C42H45F3N8O6S. The van der Waals surface area contributed by atoms with Crippen LogP contribution in [-0.4, -0.2) is 87.7 Å². The molecule has 3 aromatic carbocycles. The third kappa shape index (κ3) is 10.0. The van der Waals surface area contributed by atoms with Gasteiger partial charge in [0.1, 0.15) is 21.4 Å². The molecule has 2 fully saturated rings. The van der Waals surface area contributed by atoms with Crippen molar-refractivity contribution in [2.24, 2.45) is 13.0 Å². The van der Waals surface area contributed by atoms with E-state index in [0.29, 0.717) is 42.8 Å². The predicted octanol–water partition coefficient (Wildman–Crippen LogP) is 5.83. The van der Waals surface area contributed by atoms with E-state index >= 15 is 0 Å². The number of hydrogen-bond donors (Lipinski definition) is 2. The molecule has 0 atom stereocenters. The van der Waals surface area contributed by atoms with Gasteiger partial charge in [-0.05, 0) is 74.2 Å². The summed E-state index contributed by atoms with van der Waals surface area (Å²) >= 11 is 0. The molecular weight excluding hydrogens is 802 g/mol. The van der Waals surface area contributed by atoms with Crippen LogP contribution in [0, 0.1) is 12.5 Å². The van der Waals surface area contributed by atoms with Gasteiger partial charge in [-0.1, -0.05) is 36.4 Å². The molecule has 3 heterocycles. The molecule has 1 aliphatic heterocycles. The van der Waals surface area contributed by atoms with Gasteiger partial charge in [-0.25, -0.2) is 22.6 Å². The summed E-state index contributed by atoms with van der Waals surface area (Å²) in [5.41, 5.74) is -0.577. The van der Waals surface area contributed by atoms with Gasteiger partial charge in [0.15, 0.2) is 5.69 Å². The van der Waals surface area contributed by atoms with E-state index in [0.717, 1.165) is 47.2 Å². The van der Waals surface area contributed by atoms with Gasteiger partial charge in [-0.15, -0.1) is 0 Å². The van der Waals surface area contributed by atoms with E-state index in [1.807, 2.05) is 0 Å². The van der Waals surface area contributed by atoms with Crippen LogP contribution in [0.1, 0.15) is 54.4 Å². The first-order valence-electron chi connectivity index (χ1n) is 19.3. The Morgan fingerprint density at radius 1 is 0.867 bits per heavy atom. The number of aromatic nitrogens is 4. The first-order valence-corrected chi connectivity index (χ1v) is 20.7. The van der Waals surface area contributed by atoms with Crippen molar-refractivity contribution >= 4 is 27.6 Å². The normalized spacial score (nSPS) is 18.1. The molecule has 2 aromatic heterocycles. The maximum Gasteiger partial charge on any atom is 0.416 e. The van der Waals surface area contributed by atoms with Crippen molar-refractivity contribution < 1.29 is 40.2 Å². The number of hydrogen-bond acceptors (Lipinski definition) is 7. The van der Waals surface area contributed by atoms with E-state index in [4.69, 9.17) is 6.57 Å². The van der Waals surface area contributed by atoms with Gasteiger partial charge in [0.2, 0.25) is 5.91 Å². The number of nitrogens with zero attached hydrogens (tertiary/aromatic N) is 6. The third-order valence-corrected chi connectivity index (χ3v) is 11.8. The first kappa shape index (κ1) is 43.5. The Morgan fingerprint density at radius 3 is 2.08 bits per heavy atom. The number of rotatable bonds is 8. The fourth-order valence-corrected chi connectivity index (χ4v) is 8.13. The summed E-state index contributed by atoms with van der Waals surface area (Å²) in [7, 11) is 1.63. The summed E-state index contributed by atoms with van der Waals surface area (Å²) < 4.78 is 76.7. The lowest BCUT2D eigenvalue weighted by Crippen LogP contribution is -2.52. The van der Waals surface area contributed by atoms with Crippen molar-refractivity contribution in [1.29, 1.82) is 0 Å². The van der Waals surface area contributed by atoms with Crippen LogP contribution < -0.4 is 16.2 Å². The van der Waals surface area contributed by atoms with Crippen molar-refractivity contribution in [3.8, 4) is 22.8 Å². The van der Waals surface area contributed by atoms with E-state index in [9.17, 15) is 40.5 Å². The van der Waals surface area contributed by atoms with Gasteiger partial charge in [0.25, 0.3) is 11.5 Å². The van der Waals surface area contributed by atoms with E-state index in [-0.39, 0.29) is 45.7 Å². The monoisotopic (exact) mass is 846 g/mol. The number of benzene rings is 3.